The monoisotopic (exact) mass is 408 g/mol. The van der Waals surface area contributed by atoms with Crippen LogP contribution in [0.15, 0.2) is 29.2 Å². The molecule has 28 heavy (non-hydrogen) atoms. The molecule has 0 unspecified atom stereocenters. The van der Waals surface area contributed by atoms with Gasteiger partial charge in [-0.25, -0.2) is 17.9 Å². The van der Waals surface area contributed by atoms with Gasteiger partial charge in [0, 0.05) is 12.6 Å². The summed E-state index contributed by atoms with van der Waals surface area (Å²) in [7, 11) is -2.66. The van der Waals surface area contributed by atoms with Crippen molar-refractivity contribution < 1.29 is 17.9 Å². The molecule has 0 spiro atoms. The molecular formula is C17H24N6O4S. The van der Waals surface area contributed by atoms with E-state index in [1.807, 2.05) is 25.5 Å². The second-order valence-corrected chi connectivity index (χ2v) is 7.90. The van der Waals surface area contributed by atoms with E-state index in [0.717, 1.165) is 10.5 Å². The molecule has 0 atom stereocenters. The Morgan fingerprint density at radius 2 is 1.82 bits per heavy atom. The Hall–Kier alpha value is -2.95. The van der Waals surface area contributed by atoms with Crippen LogP contribution in [0.3, 0.4) is 0 Å². The highest BCUT2D eigenvalue weighted by atomic mass is 32.2. The number of hydrogen-bond donors (Lipinski definition) is 2. The zero-order chi connectivity index (χ0) is 20.9. The number of methoxy groups -OCH3 is 1. The van der Waals surface area contributed by atoms with Crippen LogP contribution in [0, 0.1) is 6.92 Å². The molecule has 2 rings (SSSR count). The van der Waals surface area contributed by atoms with E-state index in [9.17, 15) is 13.2 Å². The Kier molecular flexibility index (Phi) is 6.73. The number of carbonyl (C=O) groups is 1. The standard InChI is InChI=1S/C17H24N6O4S/c1-6-23(15-19-14(18-11(2)3)20-16(21-15)27-5)17(24)22-28(25,26)13-9-7-12(4)8-10-13/h7-11H,6H2,1-5H3,(H,22,24)(H,18,19,20,21). The number of carbonyl (C=O) groups excluding carboxylic acids is 1. The quantitative estimate of drug-likeness (QED) is 0.712. The van der Waals surface area contributed by atoms with Crippen molar-refractivity contribution in [2.75, 3.05) is 23.9 Å². The number of urea groups is 1. The zero-order valence-electron chi connectivity index (χ0n) is 16.4. The van der Waals surface area contributed by atoms with E-state index in [1.54, 1.807) is 19.1 Å². The number of hydrogen-bond acceptors (Lipinski definition) is 8. The van der Waals surface area contributed by atoms with Crippen molar-refractivity contribution in [3.63, 3.8) is 0 Å². The summed E-state index contributed by atoms with van der Waals surface area (Å²) >= 11 is 0. The first kappa shape index (κ1) is 21.4. The lowest BCUT2D eigenvalue weighted by Crippen LogP contribution is -2.43. The number of aromatic nitrogens is 3. The Bertz CT molecular complexity index is 931. The van der Waals surface area contributed by atoms with Gasteiger partial charge in [0.25, 0.3) is 10.0 Å². The number of nitrogens with zero attached hydrogens (tertiary/aromatic N) is 4. The summed E-state index contributed by atoms with van der Waals surface area (Å²) in [6.07, 6.45) is 0. The Morgan fingerprint density at radius 3 is 2.36 bits per heavy atom. The molecule has 0 aliphatic carbocycles. The average molecular weight is 408 g/mol. The fraction of sp³-hybridized carbons (Fsp3) is 0.412. The number of rotatable bonds is 7. The third-order valence-corrected chi connectivity index (χ3v) is 4.90. The van der Waals surface area contributed by atoms with Crippen LogP contribution in [0.4, 0.5) is 16.7 Å². The predicted molar refractivity (Wildman–Crippen MR) is 105 cm³/mol. The lowest BCUT2D eigenvalue weighted by atomic mass is 10.2. The molecule has 0 saturated carbocycles. The molecule has 0 aliphatic heterocycles. The van der Waals surface area contributed by atoms with Crippen LogP contribution >= 0.6 is 0 Å². The van der Waals surface area contributed by atoms with Gasteiger partial charge in [-0.15, -0.1) is 0 Å². The van der Waals surface area contributed by atoms with Crippen molar-refractivity contribution in [1.82, 2.24) is 19.7 Å². The zero-order valence-corrected chi connectivity index (χ0v) is 17.2. The van der Waals surface area contributed by atoms with Crippen LogP contribution in [0.5, 0.6) is 6.01 Å². The average Bonchev–Trinajstić information content (AvgIpc) is 2.61. The molecule has 2 amide bonds. The third-order valence-electron chi connectivity index (χ3n) is 3.56. The van der Waals surface area contributed by atoms with E-state index in [4.69, 9.17) is 4.74 Å². The summed E-state index contributed by atoms with van der Waals surface area (Å²) in [6, 6.07) is 5.31. The number of amides is 2. The summed E-state index contributed by atoms with van der Waals surface area (Å²) in [5.41, 5.74) is 0.905. The number of aryl methyl sites for hydroxylation is 1. The summed E-state index contributed by atoms with van der Waals surface area (Å²) < 4.78 is 32.1. The number of nitrogens with one attached hydrogen (secondary N) is 2. The molecule has 1 aromatic heterocycles. The highest BCUT2D eigenvalue weighted by molar-refractivity contribution is 7.90. The second kappa shape index (κ2) is 8.83. The van der Waals surface area contributed by atoms with Gasteiger partial charge in [0.15, 0.2) is 0 Å². The molecule has 0 radical (unpaired) electrons. The summed E-state index contributed by atoms with van der Waals surface area (Å²) in [5.74, 6) is 0.179. The molecule has 0 bridgehead atoms. The van der Waals surface area contributed by atoms with Gasteiger partial charge in [-0.3, -0.25) is 4.90 Å². The van der Waals surface area contributed by atoms with E-state index >= 15 is 0 Å². The lowest BCUT2D eigenvalue weighted by Gasteiger charge is -2.20. The van der Waals surface area contributed by atoms with E-state index in [0.29, 0.717) is 0 Å². The summed E-state index contributed by atoms with van der Waals surface area (Å²) in [5, 5.41) is 3.00. The lowest BCUT2D eigenvalue weighted by molar-refractivity contribution is 0.251. The fourth-order valence-electron chi connectivity index (χ4n) is 2.20. The molecule has 0 saturated heterocycles. The molecule has 2 N–H and O–H groups in total. The minimum atomic E-state index is -4.04. The summed E-state index contributed by atoms with van der Waals surface area (Å²) in [6.45, 7) is 7.43. The Morgan fingerprint density at radius 1 is 1.18 bits per heavy atom. The highest BCUT2D eigenvalue weighted by Crippen LogP contribution is 2.17. The van der Waals surface area contributed by atoms with Gasteiger partial charge in [0.1, 0.15) is 0 Å². The van der Waals surface area contributed by atoms with Crippen molar-refractivity contribution in [1.29, 1.82) is 0 Å². The molecule has 1 aromatic carbocycles. The first-order valence-electron chi connectivity index (χ1n) is 8.64. The van der Waals surface area contributed by atoms with Crippen molar-refractivity contribution in [3.05, 3.63) is 29.8 Å². The van der Waals surface area contributed by atoms with Crippen molar-refractivity contribution in [2.45, 2.75) is 38.6 Å². The molecule has 10 nitrogen and oxygen atoms in total. The van der Waals surface area contributed by atoms with E-state index in [1.165, 1.54) is 19.2 Å². The fourth-order valence-corrected chi connectivity index (χ4v) is 3.16. The number of ether oxygens (including phenoxy) is 1. The Balaban J connectivity index is 2.31. The molecule has 1 heterocycles. The molecule has 152 valence electrons. The molecule has 2 aromatic rings. The topological polar surface area (TPSA) is 126 Å². The largest absolute Gasteiger partial charge is 0.467 e. The van der Waals surface area contributed by atoms with Gasteiger partial charge in [0.05, 0.1) is 12.0 Å². The van der Waals surface area contributed by atoms with E-state index < -0.39 is 16.1 Å². The third kappa shape index (κ3) is 5.28. The predicted octanol–water partition coefficient (Wildman–Crippen LogP) is 1.93. The van der Waals surface area contributed by atoms with Crippen molar-refractivity contribution in [3.8, 4) is 6.01 Å². The van der Waals surface area contributed by atoms with Crippen molar-refractivity contribution in [2.24, 2.45) is 0 Å². The van der Waals surface area contributed by atoms with Crippen LogP contribution in [-0.2, 0) is 10.0 Å². The molecule has 0 aliphatic rings. The first-order chi connectivity index (χ1) is 13.2. The van der Waals surface area contributed by atoms with Gasteiger partial charge in [-0.1, -0.05) is 17.7 Å². The Labute approximate surface area is 164 Å². The second-order valence-electron chi connectivity index (χ2n) is 6.21. The van der Waals surface area contributed by atoms with Crippen LogP contribution in [-0.4, -0.2) is 49.1 Å². The van der Waals surface area contributed by atoms with Gasteiger partial charge in [-0.2, -0.15) is 15.0 Å². The van der Waals surface area contributed by atoms with Crippen LogP contribution in [0.2, 0.25) is 0 Å². The van der Waals surface area contributed by atoms with Gasteiger partial charge < -0.3 is 10.1 Å². The molecule has 0 fully saturated rings. The minimum absolute atomic E-state index is 0.000733. The number of benzene rings is 1. The normalized spacial score (nSPS) is 11.2. The maximum atomic E-state index is 12.6. The maximum Gasteiger partial charge on any atom is 0.338 e. The van der Waals surface area contributed by atoms with E-state index in [-0.39, 0.29) is 35.4 Å². The smallest absolute Gasteiger partial charge is 0.338 e. The van der Waals surface area contributed by atoms with Gasteiger partial charge >= 0.3 is 12.0 Å². The van der Waals surface area contributed by atoms with Crippen LogP contribution in [0.25, 0.3) is 0 Å². The molecular weight excluding hydrogens is 384 g/mol. The molecule has 11 heteroatoms. The highest BCUT2D eigenvalue weighted by Gasteiger charge is 2.25. The van der Waals surface area contributed by atoms with Crippen molar-refractivity contribution >= 4 is 28.0 Å². The maximum absolute atomic E-state index is 12.6. The number of anilines is 2. The van der Waals surface area contributed by atoms with Gasteiger partial charge in [-0.05, 0) is 39.8 Å². The van der Waals surface area contributed by atoms with E-state index in [2.05, 4.69) is 20.3 Å². The van der Waals surface area contributed by atoms with Gasteiger partial charge in [0.2, 0.25) is 11.9 Å². The minimum Gasteiger partial charge on any atom is -0.467 e. The SMILES string of the molecule is CCN(C(=O)NS(=O)(=O)c1ccc(C)cc1)c1nc(NC(C)C)nc(OC)n1. The van der Waals surface area contributed by atoms with Crippen LogP contribution < -0.4 is 19.7 Å². The summed E-state index contributed by atoms with van der Waals surface area (Å²) in [4.78, 5) is 26.0. The van der Waals surface area contributed by atoms with Crippen LogP contribution in [0.1, 0.15) is 26.3 Å². The number of sulfonamides is 1. The first-order valence-corrected chi connectivity index (χ1v) is 10.1.